The number of aryl methyl sites for hydroxylation is 2. The molecule has 2 rings (SSSR count). The predicted molar refractivity (Wildman–Crippen MR) is 103 cm³/mol. The molecule has 0 bridgehead atoms. The minimum atomic E-state index is 0.343. The van der Waals surface area contributed by atoms with Gasteiger partial charge >= 0.3 is 0 Å². The van der Waals surface area contributed by atoms with Crippen LogP contribution < -0.4 is 9.47 Å². The van der Waals surface area contributed by atoms with Crippen molar-refractivity contribution in [3.8, 4) is 11.5 Å². The number of benzene rings is 1. The van der Waals surface area contributed by atoms with E-state index in [-0.39, 0.29) is 0 Å². The topological polar surface area (TPSA) is 60.8 Å². The Morgan fingerprint density at radius 1 is 1.23 bits per heavy atom. The number of pyridine rings is 1. The van der Waals surface area contributed by atoms with Gasteiger partial charge in [-0.2, -0.15) is 0 Å². The van der Waals surface area contributed by atoms with Crippen molar-refractivity contribution >= 4 is 12.1 Å². The Balaban J connectivity index is 2.18. The molecule has 26 heavy (non-hydrogen) atoms. The number of allylic oxidation sites excluding steroid dienone is 1. The van der Waals surface area contributed by atoms with Crippen molar-refractivity contribution in [1.82, 2.24) is 4.98 Å². The normalized spacial score (nSPS) is 11.6. The van der Waals surface area contributed by atoms with E-state index in [2.05, 4.69) is 9.98 Å². The molecule has 0 aliphatic rings. The first-order chi connectivity index (χ1) is 12.6. The van der Waals surface area contributed by atoms with Gasteiger partial charge in [0.25, 0.3) is 0 Å². The average molecular weight is 352 g/mol. The summed E-state index contributed by atoms with van der Waals surface area (Å²) in [6.45, 7) is 8.63. The van der Waals surface area contributed by atoms with Crippen LogP contribution >= 0.6 is 0 Å². The van der Waals surface area contributed by atoms with Crippen LogP contribution in [0, 0.1) is 13.8 Å². The first kappa shape index (κ1) is 19.4. The second-order valence-electron chi connectivity index (χ2n) is 5.91. The van der Waals surface area contributed by atoms with Crippen LogP contribution in [0.1, 0.15) is 36.1 Å². The Bertz CT molecular complexity index is 803. The molecule has 0 atom stereocenters. The van der Waals surface area contributed by atoms with Crippen LogP contribution in [0.4, 0.5) is 0 Å². The maximum atomic E-state index is 10.6. The summed E-state index contributed by atoms with van der Waals surface area (Å²) >= 11 is 0. The van der Waals surface area contributed by atoms with E-state index in [1.807, 2.05) is 51.1 Å². The number of amides is 1. The number of aromatic nitrogens is 1. The molecule has 0 saturated heterocycles. The summed E-state index contributed by atoms with van der Waals surface area (Å²) in [5, 5.41) is 0. The van der Waals surface area contributed by atoms with Gasteiger partial charge in [0, 0.05) is 29.2 Å². The van der Waals surface area contributed by atoms with Gasteiger partial charge in [-0.25, -0.2) is 4.99 Å². The number of aliphatic imine (C=N–C) groups is 1. The van der Waals surface area contributed by atoms with Gasteiger partial charge in [0.05, 0.1) is 0 Å². The summed E-state index contributed by atoms with van der Waals surface area (Å²) in [6, 6.07) is 5.77. The number of ether oxygens (including phenoxy) is 2. The first-order valence-electron chi connectivity index (χ1n) is 8.46. The Morgan fingerprint density at radius 2 is 1.96 bits per heavy atom. The summed E-state index contributed by atoms with van der Waals surface area (Å²) in [7, 11) is 0. The predicted octanol–water partition coefficient (Wildman–Crippen LogP) is 4.20. The van der Waals surface area contributed by atoms with Gasteiger partial charge in [-0.15, -0.1) is 0 Å². The molecule has 0 fully saturated rings. The highest BCUT2D eigenvalue weighted by atomic mass is 16.5. The number of carbonyl (C=O) groups excluding carboxylic acids is 1. The second kappa shape index (κ2) is 9.51. The van der Waals surface area contributed by atoms with Gasteiger partial charge in [0.15, 0.2) is 0 Å². The fraction of sp³-hybridized carbons (Fsp3) is 0.286. The number of hydrogen-bond donors (Lipinski definition) is 0. The highest BCUT2D eigenvalue weighted by Gasteiger charge is 2.10. The van der Waals surface area contributed by atoms with E-state index in [0.717, 1.165) is 33.8 Å². The fourth-order valence-electron chi connectivity index (χ4n) is 2.66. The Morgan fingerprint density at radius 3 is 2.62 bits per heavy atom. The monoisotopic (exact) mass is 352 g/mol. The minimum absolute atomic E-state index is 0.343. The highest BCUT2D eigenvalue weighted by molar-refractivity contribution is 6.02. The highest BCUT2D eigenvalue weighted by Crippen LogP contribution is 2.29. The van der Waals surface area contributed by atoms with Gasteiger partial charge in [0.1, 0.15) is 24.7 Å². The third-order valence-electron chi connectivity index (χ3n) is 3.93. The zero-order chi connectivity index (χ0) is 18.9. The van der Waals surface area contributed by atoms with Crippen molar-refractivity contribution in [2.24, 2.45) is 4.99 Å². The molecule has 1 aromatic heterocycles. The molecular weight excluding hydrogens is 328 g/mol. The molecule has 0 spiro atoms. The lowest BCUT2D eigenvalue weighted by Gasteiger charge is -2.15. The Hall–Kier alpha value is -2.95. The lowest BCUT2D eigenvalue weighted by Crippen LogP contribution is -2.07. The number of carbonyl (C=O) groups is 1. The van der Waals surface area contributed by atoms with Gasteiger partial charge in [-0.1, -0.05) is 12.2 Å². The maximum absolute atomic E-state index is 10.6. The third kappa shape index (κ3) is 5.02. The molecule has 0 N–H and O–H groups in total. The molecule has 0 aliphatic heterocycles. The van der Waals surface area contributed by atoms with E-state index < -0.39 is 0 Å². The SMILES string of the molecule is C/C=C/COc1cc(C)c(OCc2cnccc2C(C)=NC=O)c(C)c1. The van der Waals surface area contributed by atoms with Crippen molar-refractivity contribution in [2.75, 3.05) is 6.61 Å². The Kier molecular flexibility index (Phi) is 7.09. The van der Waals surface area contributed by atoms with Crippen molar-refractivity contribution in [1.29, 1.82) is 0 Å². The van der Waals surface area contributed by atoms with Gasteiger partial charge in [-0.05, 0) is 57.0 Å². The third-order valence-corrected chi connectivity index (χ3v) is 3.93. The van der Waals surface area contributed by atoms with Crippen molar-refractivity contribution < 1.29 is 14.3 Å². The quantitative estimate of drug-likeness (QED) is 0.406. The molecule has 0 aliphatic carbocycles. The number of rotatable bonds is 8. The van der Waals surface area contributed by atoms with E-state index >= 15 is 0 Å². The van der Waals surface area contributed by atoms with Crippen LogP contribution in [0.15, 0.2) is 47.7 Å². The Labute approximate surface area is 154 Å². The molecule has 0 saturated carbocycles. The molecule has 5 nitrogen and oxygen atoms in total. The maximum Gasteiger partial charge on any atom is 0.233 e. The molecule has 1 heterocycles. The largest absolute Gasteiger partial charge is 0.490 e. The van der Waals surface area contributed by atoms with Crippen LogP contribution in [0.5, 0.6) is 11.5 Å². The molecule has 136 valence electrons. The van der Waals surface area contributed by atoms with Crippen LogP contribution in [0.3, 0.4) is 0 Å². The summed E-state index contributed by atoms with van der Waals surface area (Å²) < 4.78 is 11.8. The van der Waals surface area contributed by atoms with Gasteiger partial charge in [-0.3, -0.25) is 9.78 Å². The summed E-state index contributed by atoms with van der Waals surface area (Å²) in [5.74, 6) is 1.64. The summed E-state index contributed by atoms with van der Waals surface area (Å²) in [6.07, 6.45) is 7.87. The zero-order valence-corrected chi connectivity index (χ0v) is 15.7. The molecular formula is C21H24N2O3. The van der Waals surface area contributed by atoms with Crippen LogP contribution in [0.25, 0.3) is 0 Å². The van der Waals surface area contributed by atoms with Crippen molar-refractivity contribution in [3.63, 3.8) is 0 Å². The van der Waals surface area contributed by atoms with Crippen LogP contribution in [-0.4, -0.2) is 23.7 Å². The molecule has 5 heteroatoms. The molecule has 0 radical (unpaired) electrons. The fourth-order valence-corrected chi connectivity index (χ4v) is 2.66. The number of nitrogens with zero attached hydrogens (tertiary/aromatic N) is 2. The van der Waals surface area contributed by atoms with E-state index in [9.17, 15) is 4.79 Å². The van der Waals surface area contributed by atoms with Crippen LogP contribution in [0.2, 0.25) is 0 Å². The average Bonchev–Trinajstić information content (AvgIpc) is 2.62. The first-order valence-corrected chi connectivity index (χ1v) is 8.46. The molecule has 2 aromatic rings. The number of hydrogen-bond acceptors (Lipinski definition) is 4. The second-order valence-corrected chi connectivity index (χ2v) is 5.91. The standard InChI is InChI=1S/C21H24N2O3/c1-5-6-9-25-19-10-15(2)21(16(3)11-19)26-13-18-12-22-8-7-20(18)17(4)23-14-24/h5-8,10-12,14H,9,13H2,1-4H3/b6-5+,23-17?. The minimum Gasteiger partial charge on any atom is -0.490 e. The van der Waals surface area contributed by atoms with E-state index in [1.165, 1.54) is 0 Å². The smallest absolute Gasteiger partial charge is 0.233 e. The molecule has 0 unspecified atom stereocenters. The van der Waals surface area contributed by atoms with Gasteiger partial charge < -0.3 is 9.47 Å². The van der Waals surface area contributed by atoms with E-state index in [0.29, 0.717) is 25.3 Å². The molecule has 1 amide bonds. The lowest BCUT2D eigenvalue weighted by molar-refractivity contribution is -0.106. The summed E-state index contributed by atoms with van der Waals surface area (Å²) in [4.78, 5) is 18.6. The molecule has 1 aromatic carbocycles. The van der Waals surface area contributed by atoms with E-state index in [1.54, 1.807) is 19.3 Å². The summed E-state index contributed by atoms with van der Waals surface area (Å²) in [5.41, 5.74) is 4.38. The lowest BCUT2D eigenvalue weighted by atomic mass is 10.1. The van der Waals surface area contributed by atoms with Crippen molar-refractivity contribution in [3.05, 3.63) is 65.0 Å². The van der Waals surface area contributed by atoms with E-state index in [4.69, 9.17) is 9.47 Å². The zero-order valence-electron chi connectivity index (χ0n) is 15.7. The van der Waals surface area contributed by atoms with Gasteiger partial charge in [0.2, 0.25) is 6.41 Å². The van der Waals surface area contributed by atoms with Crippen molar-refractivity contribution in [2.45, 2.75) is 34.3 Å². The van der Waals surface area contributed by atoms with Crippen LogP contribution in [-0.2, 0) is 11.4 Å².